The first-order chi connectivity index (χ1) is 21.9. The molecule has 0 unspecified atom stereocenters. The Bertz CT molecular complexity index is 1700. The van der Waals surface area contributed by atoms with Gasteiger partial charge in [-0.3, -0.25) is 4.57 Å². The summed E-state index contributed by atoms with van der Waals surface area (Å²) in [4.78, 5) is 56.4. The van der Waals surface area contributed by atoms with Crippen molar-refractivity contribution in [2.24, 2.45) is 0 Å². The van der Waals surface area contributed by atoms with Gasteiger partial charge in [-0.1, -0.05) is 54.6 Å². The van der Waals surface area contributed by atoms with Crippen molar-refractivity contribution in [3.8, 4) is 6.07 Å². The van der Waals surface area contributed by atoms with Crippen molar-refractivity contribution >= 4 is 23.9 Å². The molecule has 12 heteroatoms. The fourth-order valence-corrected chi connectivity index (χ4v) is 4.72. The van der Waals surface area contributed by atoms with Crippen LogP contribution in [0.5, 0.6) is 0 Å². The molecule has 1 saturated heterocycles. The average molecular weight is 610 g/mol. The number of hydrogen-bond donors (Lipinski definition) is 0. The Morgan fingerprint density at radius 3 is 1.78 bits per heavy atom. The van der Waals surface area contributed by atoms with E-state index in [-0.39, 0.29) is 34.7 Å². The highest BCUT2D eigenvalue weighted by molar-refractivity contribution is 5.91. The number of rotatable bonds is 10. The van der Waals surface area contributed by atoms with Gasteiger partial charge in [-0.05, 0) is 43.3 Å². The molecule has 0 N–H and O–H groups in total. The van der Waals surface area contributed by atoms with Crippen LogP contribution >= 0.6 is 0 Å². The van der Waals surface area contributed by atoms with E-state index in [2.05, 4.69) is 4.98 Å². The van der Waals surface area contributed by atoms with Crippen LogP contribution in [0.4, 0.5) is 0 Å². The number of carbonyl (C=O) groups is 4. The second-order valence-corrected chi connectivity index (χ2v) is 9.68. The molecule has 5 rings (SSSR count). The van der Waals surface area contributed by atoms with Crippen LogP contribution in [0, 0.1) is 11.3 Å². The van der Waals surface area contributed by atoms with Crippen LogP contribution in [0.2, 0.25) is 0 Å². The van der Waals surface area contributed by atoms with E-state index in [1.54, 1.807) is 85.8 Å². The molecule has 228 valence electrons. The van der Waals surface area contributed by atoms with E-state index < -0.39 is 55.0 Å². The smallest absolute Gasteiger partial charge is 0.358 e. The third-order valence-electron chi connectivity index (χ3n) is 6.82. The van der Waals surface area contributed by atoms with Gasteiger partial charge in [0.05, 0.1) is 29.6 Å². The summed E-state index contributed by atoms with van der Waals surface area (Å²) in [5.41, 5.74) is 0.143. The van der Waals surface area contributed by atoms with Crippen LogP contribution in [0.3, 0.4) is 0 Å². The zero-order valence-electron chi connectivity index (χ0n) is 24.0. The maximum absolute atomic E-state index is 13.3. The molecule has 0 saturated carbocycles. The first kappa shape index (κ1) is 30.7. The lowest BCUT2D eigenvalue weighted by Gasteiger charge is -2.25. The summed E-state index contributed by atoms with van der Waals surface area (Å²) in [6.45, 7) is 1.17. The third kappa shape index (κ3) is 6.90. The molecule has 0 radical (unpaired) electrons. The van der Waals surface area contributed by atoms with Crippen LogP contribution in [0.15, 0.2) is 97.3 Å². The van der Waals surface area contributed by atoms with Gasteiger partial charge < -0.3 is 23.7 Å². The molecule has 4 atom stereocenters. The minimum Gasteiger partial charge on any atom is -0.461 e. The van der Waals surface area contributed by atoms with Crippen LogP contribution in [-0.2, 0) is 23.7 Å². The van der Waals surface area contributed by atoms with Gasteiger partial charge in [0.15, 0.2) is 29.8 Å². The van der Waals surface area contributed by atoms with Gasteiger partial charge in [0, 0.05) is 0 Å². The van der Waals surface area contributed by atoms with E-state index in [1.165, 1.54) is 16.7 Å². The lowest BCUT2D eigenvalue weighted by Crippen LogP contribution is -2.41. The second kappa shape index (κ2) is 14.1. The summed E-state index contributed by atoms with van der Waals surface area (Å²) in [6.07, 6.45) is -4.14. The van der Waals surface area contributed by atoms with Crippen LogP contribution in [-0.4, -0.2) is 65.0 Å². The van der Waals surface area contributed by atoms with Gasteiger partial charge in [-0.2, -0.15) is 5.26 Å². The van der Waals surface area contributed by atoms with Gasteiger partial charge in [0.1, 0.15) is 18.8 Å². The van der Waals surface area contributed by atoms with E-state index in [0.29, 0.717) is 0 Å². The molecule has 3 aromatic carbocycles. The Hall–Kier alpha value is -5.80. The molecule has 0 amide bonds. The molecular weight excluding hydrogens is 582 g/mol. The number of carbonyl (C=O) groups excluding carboxylic acids is 4. The highest BCUT2D eigenvalue weighted by Gasteiger charge is 2.52. The SMILES string of the molecule is CCOC(=O)c1c(C#N)ncn1[C@@H]1O[C@H](COC(=O)c2ccccc2)[C@@H](OC(=O)c2ccccc2)[C@H]1OC(=O)c1ccccc1. The lowest BCUT2D eigenvalue weighted by atomic mass is 10.1. The highest BCUT2D eigenvalue weighted by atomic mass is 16.7. The lowest BCUT2D eigenvalue weighted by molar-refractivity contribution is -0.0631. The Morgan fingerprint density at radius 2 is 1.27 bits per heavy atom. The maximum atomic E-state index is 13.3. The van der Waals surface area contributed by atoms with E-state index >= 15 is 0 Å². The molecule has 1 fully saturated rings. The Kier molecular flexibility index (Phi) is 9.61. The quantitative estimate of drug-likeness (QED) is 0.188. The van der Waals surface area contributed by atoms with Crippen LogP contribution in [0.25, 0.3) is 0 Å². The van der Waals surface area contributed by atoms with Gasteiger partial charge >= 0.3 is 23.9 Å². The van der Waals surface area contributed by atoms with Gasteiger partial charge in [0.25, 0.3) is 0 Å². The van der Waals surface area contributed by atoms with Crippen LogP contribution < -0.4 is 0 Å². The average Bonchev–Trinajstić information content (AvgIpc) is 3.66. The van der Waals surface area contributed by atoms with Crippen LogP contribution in [0.1, 0.15) is 60.4 Å². The number of imidazole rings is 1. The molecule has 1 aromatic heterocycles. The first-order valence-corrected chi connectivity index (χ1v) is 13.9. The standard InChI is InChI=1S/C33H27N3O9/c1-2-41-33(40)26-24(18-34)35-20-36(26)29-28(45-32(39)23-16-10-5-11-17-23)27(44-31(38)22-14-8-4-9-15-22)25(43-29)19-42-30(37)21-12-6-3-7-13-21/h3-17,20,25,27-29H,2,19H2,1H3/t25-,27-,28-,29-/m1/s1. The molecule has 0 bridgehead atoms. The number of benzene rings is 3. The molecule has 0 aliphatic carbocycles. The summed E-state index contributed by atoms with van der Waals surface area (Å²) in [5, 5.41) is 9.67. The maximum Gasteiger partial charge on any atom is 0.358 e. The highest BCUT2D eigenvalue weighted by Crippen LogP contribution is 2.37. The number of nitrogens with zero attached hydrogens (tertiary/aromatic N) is 3. The van der Waals surface area contributed by atoms with E-state index in [9.17, 15) is 24.4 Å². The normalized spacial score (nSPS) is 18.8. The van der Waals surface area contributed by atoms with Gasteiger partial charge in [-0.15, -0.1) is 0 Å². The largest absolute Gasteiger partial charge is 0.461 e. The monoisotopic (exact) mass is 609 g/mol. The van der Waals surface area contributed by atoms with E-state index in [4.69, 9.17) is 23.7 Å². The molecule has 12 nitrogen and oxygen atoms in total. The van der Waals surface area contributed by atoms with Crippen molar-refractivity contribution in [1.82, 2.24) is 9.55 Å². The molecule has 1 aliphatic heterocycles. The first-order valence-electron chi connectivity index (χ1n) is 13.9. The summed E-state index contributed by atoms with van der Waals surface area (Å²) in [5.74, 6) is -3.09. The van der Waals surface area contributed by atoms with E-state index in [0.717, 1.165) is 6.33 Å². The summed E-state index contributed by atoms with van der Waals surface area (Å²) < 4.78 is 29.9. The second-order valence-electron chi connectivity index (χ2n) is 9.68. The Morgan fingerprint density at radius 1 is 0.756 bits per heavy atom. The number of nitriles is 1. The Balaban J connectivity index is 1.54. The predicted molar refractivity (Wildman–Crippen MR) is 155 cm³/mol. The van der Waals surface area contributed by atoms with Crippen molar-refractivity contribution in [3.63, 3.8) is 0 Å². The van der Waals surface area contributed by atoms with Crippen molar-refractivity contribution < 1.29 is 42.9 Å². The minimum absolute atomic E-state index is 0.00219. The Labute approximate surface area is 257 Å². The predicted octanol–water partition coefficient (Wildman–Crippen LogP) is 4.14. The molecule has 4 aromatic rings. The van der Waals surface area contributed by atoms with Crippen molar-refractivity contribution in [2.75, 3.05) is 13.2 Å². The number of aromatic nitrogens is 2. The summed E-state index contributed by atoms with van der Waals surface area (Å²) >= 11 is 0. The molecule has 0 spiro atoms. The zero-order chi connectivity index (χ0) is 31.8. The van der Waals surface area contributed by atoms with Crippen molar-refractivity contribution in [1.29, 1.82) is 5.26 Å². The fraction of sp³-hybridized carbons (Fsp3) is 0.212. The number of ether oxygens (including phenoxy) is 5. The summed E-state index contributed by atoms with van der Waals surface area (Å²) in [6, 6.07) is 26.3. The topological polar surface area (TPSA) is 156 Å². The fourth-order valence-electron chi connectivity index (χ4n) is 4.72. The zero-order valence-corrected chi connectivity index (χ0v) is 24.0. The minimum atomic E-state index is -1.40. The molecular formula is C33H27N3O9. The molecule has 45 heavy (non-hydrogen) atoms. The summed E-state index contributed by atoms with van der Waals surface area (Å²) in [7, 11) is 0. The third-order valence-corrected chi connectivity index (χ3v) is 6.82. The van der Waals surface area contributed by atoms with Gasteiger partial charge in [-0.25, -0.2) is 24.2 Å². The molecule has 2 heterocycles. The number of esters is 4. The molecule has 1 aliphatic rings. The number of hydrogen-bond acceptors (Lipinski definition) is 11. The van der Waals surface area contributed by atoms with E-state index in [1.807, 2.05) is 6.07 Å². The van der Waals surface area contributed by atoms with Gasteiger partial charge in [0.2, 0.25) is 0 Å². The van der Waals surface area contributed by atoms with Crippen molar-refractivity contribution in [2.45, 2.75) is 31.5 Å². The van der Waals surface area contributed by atoms with Crippen molar-refractivity contribution in [3.05, 3.63) is 125 Å².